The van der Waals surface area contributed by atoms with Crippen molar-refractivity contribution < 1.29 is 9.59 Å². The molecular weight excluding hydrogens is 412 g/mol. The van der Waals surface area contributed by atoms with Crippen LogP contribution in [0.1, 0.15) is 32.0 Å². The number of benzene rings is 2. The zero-order valence-electron chi connectivity index (χ0n) is 18.2. The molecule has 0 spiro atoms. The van der Waals surface area contributed by atoms with Gasteiger partial charge in [-0.2, -0.15) is 5.10 Å². The molecule has 0 saturated carbocycles. The summed E-state index contributed by atoms with van der Waals surface area (Å²) in [5, 5.41) is 8.20. The van der Waals surface area contributed by atoms with Crippen LogP contribution in [0.15, 0.2) is 60.7 Å². The Bertz CT molecular complexity index is 1050. The Morgan fingerprint density at radius 2 is 1.71 bits per heavy atom. The Hall–Kier alpha value is -3.12. The number of likely N-dealkylation sites (N-methyl/N-ethyl adjacent to an activating group) is 1. The number of nitrogens with zero attached hydrogens (tertiary/aromatic N) is 3. The standard InChI is InChI=1S/C24H27ClN4O2/c1-24(2,3)20-15-21(29(27-20)19-12-10-18(25)11-13-19)26-22(30)16-28(4)23(31)14-17-8-6-5-7-9-17/h5-13,15H,14,16H2,1-4H3,(H,26,30). The van der Waals surface area contributed by atoms with Gasteiger partial charge in [0.05, 0.1) is 24.3 Å². The third-order valence-electron chi connectivity index (χ3n) is 4.82. The van der Waals surface area contributed by atoms with E-state index < -0.39 is 0 Å². The Morgan fingerprint density at radius 1 is 1.06 bits per heavy atom. The van der Waals surface area contributed by atoms with Gasteiger partial charge in [0.15, 0.2) is 0 Å². The second kappa shape index (κ2) is 9.35. The molecule has 1 N–H and O–H groups in total. The van der Waals surface area contributed by atoms with Crippen molar-refractivity contribution in [3.63, 3.8) is 0 Å². The molecule has 0 bridgehead atoms. The van der Waals surface area contributed by atoms with E-state index in [0.29, 0.717) is 10.8 Å². The average molecular weight is 439 g/mol. The topological polar surface area (TPSA) is 67.2 Å². The highest BCUT2D eigenvalue weighted by atomic mass is 35.5. The highest BCUT2D eigenvalue weighted by Gasteiger charge is 2.22. The van der Waals surface area contributed by atoms with Crippen LogP contribution in [0.2, 0.25) is 5.02 Å². The molecule has 3 rings (SSSR count). The fourth-order valence-electron chi connectivity index (χ4n) is 3.01. The number of rotatable bonds is 6. The Labute approximate surface area is 187 Å². The van der Waals surface area contributed by atoms with Crippen molar-refractivity contribution in [2.24, 2.45) is 0 Å². The minimum absolute atomic E-state index is 0.0533. The van der Waals surface area contributed by atoms with E-state index in [2.05, 4.69) is 31.2 Å². The Balaban J connectivity index is 1.74. The smallest absolute Gasteiger partial charge is 0.245 e. The van der Waals surface area contributed by atoms with Crippen molar-refractivity contribution >= 4 is 29.2 Å². The Kier molecular flexibility index (Phi) is 6.81. The lowest BCUT2D eigenvalue weighted by atomic mass is 9.92. The maximum Gasteiger partial charge on any atom is 0.245 e. The number of anilines is 1. The van der Waals surface area contributed by atoms with Crippen LogP contribution in [0.25, 0.3) is 5.69 Å². The predicted molar refractivity (Wildman–Crippen MR) is 124 cm³/mol. The van der Waals surface area contributed by atoms with E-state index in [0.717, 1.165) is 16.9 Å². The largest absolute Gasteiger partial charge is 0.336 e. The van der Waals surface area contributed by atoms with Crippen LogP contribution in [-0.4, -0.2) is 40.1 Å². The summed E-state index contributed by atoms with van der Waals surface area (Å²) in [7, 11) is 1.63. The second-order valence-electron chi connectivity index (χ2n) is 8.51. The van der Waals surface area contributed by atoms with Gasteiger partial charge in [-0.1, -0.05) is 62.7 Å². The number of nitrogens with one attached hydrogen (secondary N) is 1. The van der Waals surface area contributed by atoms with Gasteiger partial charge in [0, 0.05) is 23.6 Å². The number of hydrogen-bond acceptors (Lipinski definition) is 3. The average Bonchev–Trinajstić information content (AvgIpc) is 3.13. The van der Waals surface area contributed by atoms with Crippen molar-refractivity contribution in [3.05, 3.63) is 76.9 Å². The molecule has 2 aromatic carbocycles. The van der Waals surface area contributed by atoms with E-state index in [4.69, 9.17) is 11.6 Å². The Morgan fingerprint density at radius 3 is 2.32 bits per heavy atom. The SMILES string of the molecule is CN(CC(=O)Nc1cc(C(C)(C)C)nn1-c1ccc(Cl)cc1)C(=O)Cc1ccccc1. The molecule has 7 heteroatoms. The molecule has 0 aliphatic carbocycles. The second-order valence-corrected chi connectivity index (χ2v) is 8.95. The van der Waals surface area contributed by atoms with Crippen molar-refractivity contribution in [3.8, 4) is 5.69 Å². The summed E-state index contributed by atoms with van der Waals surface area (Å²) < 4.78 is 1.68. The molecule has 3 aromatic rings. The van der Waals surface area contributed by atoms with Crippen LogP contribution >= 0.6 is 11.6 Å². The third kappa shape index (κ3) is 5.95. The highest BCUT2D eigenvalue weighted by molar-refractivity contribution is 6.30. The molecule has 1 heterocycles. The van der Waals surface area contributed by atoms with Gasteiger partial charge in [0.25, 0.3) is 0 Å². The first-order valence-electron chi connectivity index (χ1n) is 10.1. The van der Waals surface area contributed by atoms with E-state index in [1.165, 1.54) is 4.90 Å². The number of carbonyl (C=O) groups excluding carboxylic acids is 2. The van der Waals surface area contributed by atoms with Gasteiger partial charge in [-0.15, -0.1) is 0 Å². The van der Waals surface area contributed by atoms with Crippen LogP contribution < -0.4 is 5.32 Å². The van der Waals surface area contributed by atoms with Gasteiger partial charge in [0.1, 0.15) is 5.82 Å². The van der Waals surface area contributed by atoms with E-state index in [1.54, 1.807) is 23.9 Å². The fraction of sp³-hybridized carbons (Fsp3) is 0.292. The predicted octanol–water partition coefficient (Wildman–Crippen LogP) is 4.46. The van der Waals surface area contributed by atoms with Gasteiger partial charge in [-0.3, -0.25) is 9.59 Å². The van der Waals surface area contributed by atoms with Crippen molar-refractivity contribution in [2.45, 2.75) is 32.6 Å². The molecule has 6 nitrogen and oxygen atoms in total. The number of hydrogen-bond donors (Lipinski definition) is 1. The fourth-order valence-corrected chi connectivity index (χ4v) is 3.13. The number of carbonyl (C=O) groups is 2. The lowest BCUT2D eigenvalue weighted by Gasteiger charge is -2.17. The number of halogens is 1. The van der Waals surface area contributed by atoms with E-state index in [1.807, 2.05) is 48.5 Å². The molecule has 31 heavy (non-hydrogen) atoms. The minimum atomic E-state index is -0.292. The van der Waals surface area contributed by atoms with E-state index >= 15 is 0 Å². The van der Waals surface area contributed by atoms with Crippen LogP contribution in [0.3, 0.4) is 0 Å². The van der Waals surface area contributed by atoms with Gasteiger partial charge in [-0.05, 0) is 29.8 Å². The summed E-state index contributed by atoms with van der Waals surface area (Å²) in [5.41, 5.74) is 2.34. The molecule has 0 aliphatic rings. The molecule has 162 valence electrons. The molecule has 0 unspecified atom stereocenters. The first kappa shape index (κ1) is 22.6. The van der Waals surface area contributed by atoms with Crippen LogP contribution in [0, 0.1) is 0 Å². The summed E-state index contributed by atoms with van der Waals surface area (Å²) in [6.45, 7) is 6.12. The molecule has 0 aliphatic heterocycles. The zero-order valence-corrected chi connectivity index (χ0v) is 19.0. The summed E-state index contributed by atoms with van der Waals surface area (Å²) in [6.07, 6.45) is 0.251. The maximum absolute atomic E-state index is 12.7. The molecular formula is C24H27ClN4O2. The first-order valence-corrected chi connectivity index (χ1v) is 10.5. The summed E-state index contributed by atoms with van der Waals surface area (Å²) in [6, 6.07) is 18.6. The number of amides is 2. The lowest BCUT2D eigenvalue weighted by Crippen LogP contribution is -2.36. The van der Waals surface area contributed by atoms with Gasteiger partial charge in [-0.25, -0.2) is 4.68 Å². The summed E-state index contributed by atoms with van der Waals surface area (Å²) in [4.78, 5) is 26.6. The minimum Gasteiger partial charge on any atom is -0.336 e. The van der Waals surface area contributed by atoms with Crippen molar-refractivity contribution in [1.29, 1.82) is 0 Å². The molecule has 0 fully saturated rings. The van der Waals surface area contributed by atoms with Crippen molar-refractivity contribution in [2.75, 3.05) is 18.9 Å². The molecule has 1 aromatic heterocycles. The first-order chi connectivity index (χ1) is 14.6. The normalized spacial score (nSPS) is 11.3. The van der Waals surface area contributed by atoms with Gasteiger partial charge >= 0.3 is 0 Å². The molecule has 0 saturated heterocycles. The van der Waals surface area contributed by atoms with Crippen LogP contribution in [0.5, 0.6) is 0 Å². The highest BCUT2D eigenvalue weighted by Crippen LogP contribution is 2.26. The molecule has 0 radical (unpaired) electrons. The lowest BCUT2D eigenvalue weighted by molar-refractivity contribution is -0.132. The number of aromatic nitrogens is 2. The van der Waals surface area contributed by atoms with Gasteiger partial charge in [0.2, 0.25) is 11.8 Å². The molecule has 2 amide bonds. The van der Waals surface area contributed by atoms with Crippen LogP contribution in [0.4, 0.5) is 5.82 Å². The van der Waals surface area contributed by atoms with Gasteiger partial charge < -0.3 is 10.2 Å². The van der Waals surface area contributed by atoms with E-state index in [9.17, 15) is 9.59 Å². The summed E-state index contributed by atoms with van der Waals surface area (Å²) >= 11 is 6.01. The van der Waals surface area contributed by atoms with E-state index in [-0.39, 0.29) is 30.2 Å². The zero-order chi connectivity index (χ0) is 22.6. The maximum atomic E-state index is 12.7. The van der Waals surface area contributed by atoms with Crippen molar-refractivity contribution in [1.82, 2.24) is 14.7 Å². The molecule has 0 atom stereocenters. The third-order valence-corrected chi connectivity index (χ3v) is 5.07. The summed E-state index contributed by atoms with van der Waals surface area (Å²) in [5.74, 6) is 0.128. The quantitative estimate of drug-likeness (QED) is 0.617. The van der Waals surface area contributed by atoms with Crippen LogP contribution in [-0.2, 0) is 21.4 Å². The monoisotopic (exact) mass is 438 g/mol.